The molecular formula is C17H15ClFN3O3S. The number of anilines is 1. The summed E-state index contributed by atoms with van der Waals surface area (Å²) in [7, 11) is 1.77. The van der Waals surface area contributed by atoms with Crippen LogP contribution >= 0.6 is 22.9 Å². The molecule has 0 aliphatic heterocycles. The summed E-state index contributed by atoms with van der Waals surface area (Å²) >= 11 is 7.19. The molecule has 0 saturated carbocycles. The van der Waals surface area contributed by atoms with E-state index in [1.54, 1.807) is 18.7 Å². The Kier molecular flexibility index (Phi) is 4.97. The summed E-state index contributed by atoms with van der Waals surface area (Å²) < 4.78 is 20.5. The Morgan fingerprint density at radius 1 is 1.38 bits per heavy atom. The summed E-state index contributed by atoms with van der Waals surface area (Å²) in [6, 6.07) is 4.06. The number of aromatic nitrogens is 2. The lowest BCUT2D eigenvalue weighted by atomic mass is 10.2. The van der Waals surface area contributed by atoms with E-state index in [0.29, 0.717) is 21.5 Å². The van der Waals surface area contributed by atoms with E-state index in [4.69, 9.17) is 16.3 Å². The summed E-state index contributed by atoms with van der Waals surface area (Å²) in [6.45, 7) is 3.12. The van der Waals surface area contributed by atoms with Crippen molar-refractivity contribution in [2.45, 2.75) is 13.8 Å². The average Bonchev–Trinajstić information content (AvgIpc) is 3.03. The van der Waals surface area contributed by atoms with Crippen molar-refractivity contribution in [2.75, 3.05) is 11.9 Å². The fourth-order valence-electron chi connectivity index (χ4n) is 2.50. The molecule has 136 valence electrons. The minimum Gasteiger partial charge on any atom is -0.451 e. The fourth-order valence-corrected chi connectivity index (χ4v) is 3.92. The molecule has 0 radical (unpaired) electrons. The van der Waals surface area contributed by atoms with Gasteiger partial charge in [0.2, 0.25) is 0 Å². The molecule has 1 amide bonds. The molecule has 0 bridgehead atoms. The van der Waals surface area contributed by atoms with E-state index in [1.807, 2.05) is 6.92 Å². The molecular weight excluding hydrogens is 381 g/mol. The highest BCUT2D eigenvalue weighted by atomic mass is 35.5. The first-order chi connectivity index (χ1) is 12.3. The Bertz CT molecular complexity index is 1030. The maximum Gasteiger partial charge on any atom is 0.350 e. The van der Waals surface area contributed by atoms with Crippen LogP contribution < -0.4 is 5.32 Å². The summed E-state index contributed by atoms with van der Waals surface area (Å²) in [5.41, 5.74) is 2.04. The third kappa shape index (κ3) is 3.42. The number of fused-ring (bicyclic) bond motifs is 1. The standard InChI is InChI=1S/C17H15ClFN3O3S/c1-8-15(9(2)22(3)21-8)20-13(23)7-25-17(24)16-14(18)11-5-4-10(19)6-12(11)26-16/h4-6H,7H2,1-3H3,(H,20,23). The number of rotatable bonds is 4. The predicted octanol–water partition coefficient (Wildman–Crippen LogP) is 3.84. The van der Waals surface area contributed by atoms with Gasteiger partial charge in [0.05, 0.1) is 22.1 Å². The van der Waals surface area contributed by atoms with Gasteiger partial charge in [-0.2, -0.15) is 5.10 Å². The Labute approximate surface area is 157 Å². The summed E-state index contributed by atoms with van der Waals surface area (Å²) in [5.74, 6) is -1.64. The van der Waals surface area contributed by atoms with E-state index in [0.717, 1.165) is 17.0 Å². The molecule has 0 unspecified atom stereocenters. The predicted molar refractivity (Wildman–Crippen MR) is 98.4 cm³/mol. The molecule has 0 fully saturated rings. The normalized spacial score (nSPS) is 11.0. The van der Waals surface area contributed by atoms with E-state index >= 15 is 0 Å². The number of hydrogen-bond donors (Lipinski definition) is 1. The Balaban J connectivity index is 1.69. The molecule has 0 spiro atoms. The van der Waals surface area contributed by atoms with Crippen LogP contribution in [0.1, 0.15) is 21.1 Å². The number of carbonyl (C=O) groups is 2. The van der Waals surface area contributed by atoms with Crippen molar-refractivity contribution in [2.24, 2.45) is 7.05 Å². The number of benzene rings is 1. The fraction of sp³-hybridized carbons (Fsp3) is 0.235. The number of nitrogens with one attached hydrogen (secondary N) is 1. The number of nitrogens with zero attached hydrogens (tertiary/aromatic N) is 2. The van der Waals surface area contributed by atoms with Gasteiger partial charge >= 0.3 is 5.97 Å². The van der Waals surface area contributed by atoms with Crippen LogP contribution in [0.4, 0.5) is 10.1 Å². The lowest BCUT2D eigenvalue weighted by Gasteiger charge is -2.06. The molecule has 1 N–H and O–H groups in total. The molecule has 1 aromatic carbocycles. The first kappa shape index (κ1) is 18.3. The van der Waals surface area contributed by atoms with E-state index in [1.165, 1.54) is 18.2 Å². The summed E-state index contributed by atoms with van der Waals surface area (Å²) in [5, 5.41) is 7.63. The van der Waals surface area contributed by atoms with Gasteiger partial charge in [-0.3, -0.25) is 9.48 Å². The minimum absolute atomic E-state index is 0.133. The second kappa shape index (κ2) is 7.05. The quantitative estimate of drug-likeness (QED) is 0.681. The van der Waals surface area contributed by atoms with Crippen LogP contribution in [0.3, 0.4) is 0 Å². The van der Waals surface area contributed by atoms with Gasteiger partial charge in [0, 0.05) is 17.1 Å². The smallest absolute Gasteiger partial charge is 0.350 e. The molecule has 6 nitrogen and oxygen atoms in total. The van der Waals surface area contributed by atoms with Crippen LogP contribution in [0.15, 0.2) is 18.2 Å². The zero-order chi connectivity index (χ0) is 19.0. The second-order valence-corrected chi connectivity index (χ2v) is 7.11. The number of amides is 1. The molecule has 0 aliphatic rings. The van der Waals surface area contributed by atoms with Gasteiger partial charge in [0.1, 0.15) is 10.7 Å². The van der Waals surface area contributed by atoms with Crippen molar-refractivity contribution in [3.8, 4) is 0 Å². The molecule has 3 rings (SSSR count). The maximum atomic E-state index is 13.3. The van der Waals surface area contributed by atoms with Crippen LogP contribution in [-0.2, 0) is 16.6 Å². The molecule has 0 aliphatic carbocycles. The van der Waals surface area contributed by atoms with E-state index in [9.17, 15) is 14.0 Å². The SMILES string of the molecule is Cc1nn(C)c(C)c1NC(=O)COC(=O)c1sc2cc(F)ccc2c1Cl. The summed E-state index contributed by atoms with van der Waals surface area (Å²) in [4.78, 5) is 24.4. The third-order valence-electron chi connectivity index (χ3n) is 3.88. The highest BCUT2D eigenvalue weighted by Gasteiger charge is 2.20. The van der Waals surface area contributed by atoms with Crippen molar-refractivity contribution in [1.29, 1.82) is 0 Å². The zero-order valence-corrected chi connectivity index (χ0v) is 15.8. The molecule has 0 atom stereocenters. The number of halogens is 2. The largest absolute Gasteiger partial charge is 0.451 e. The number of carbonyl (C=O) groups excluding carboxylic acids is 2. The average molecular weight is 396 g/mol. The first-order valence-corrected chi connectivity index (χ1v) is 8.82. The van der Waals surface area contributed by atoms with Gasteiger partial charge in [-0.1, -0.05) is 11.6 Å². The van der Waals surface area contributed by atoms with Gasteiger partial charge in [-0.05, 0) is 32.0 Å². The Morgan fingerprint density at radius 3 is 2.77 bits per heavy atom. The third-order valence-corrected chi connectivity index (χ3v) is 5.52. The molecule has 3 aromatic rings. The van der Waals surface area contributed by atoms with E-state index < -0.39 is 24.3 Å². The van der Waals surface area contributed by atoms with Gasteiger partial charge in [0.15, 0.2) is 6.61 Å². The second-order valence-electron chi connectivity index (χ2n) is 5.68. The van der Waals surface area contributed by atoms with Crippen LogP contribution in [0.25, 0.3) is 10.1 Å². The Morgan fingerprint density at radius 2 is 2.12 bits per heavy atom. The topological polar surface area (TPSA) is 73.2 Å². The zero-order valence-electron chi connectivity index (χ0n) is 14.2. The van der Waals surface area contributed by atoms with E-state index in [-0.39, 0.29) is 9.90 Å². The van der Waals surface area contributed by atoms with Gasteiger partial charge in [0.25, 0.3) is 5.91 Å². The highest BCUT2D eigenvalue weighted by molar-refractivity contribution is 7.21. The van der Waals surface area contributed by atoms with Gasteiger partial charge in [-0.25, -0.2) is 9.18 Å². The molecule has 2 heterocycles. The highest BCUT2D eigenvalue weighted by Crippen LogP contribution is 2.36. The molecule has 0 saturated heterocycles. The first-order valence-electron chi connectivity index (χ1n) is 7.62. The van der Waals surface area contributed by atoms with Crippen molar-refractivity contribution >= 4 is 50.6 Å². The number of esters is 1. The van der Waals surface area contributed by atoms with Crippen LogP contribution in [0.5, 0.6) is 0 Å². The van der Waals surface area contributed by atoms with Crippen LogP contribution in [0, 0.1) is 19.7 Å². The lowest BCUT2D eigenvalue weighted by Crippen LogP contribution is -2.21. The monoisotopic (exact) mass is 395 g/mol. The minimum atomic E-state index is -0.730. The number of hydrogen-bond acceptors (Lipinski definition) is 5. The van der Waals surface area contributed by atoms with Crippen molar-refractivity contribution in [3.63, 3.8) is 0 Å². The van der Waals surface area contributed by atoms with Crippen molar-refractivity contribution in [1.82, 2.24) is 9.78 Å². The van der Waals surface area contributed by atoms with E-state index in [2.05, 4.69) is 10.4 Å². The van der Waals surface area contributed by atoms with Crippen LogP contribution in [0.2, 0.25) is 5.02 Å². The Hall–Kier alpha value is -2.45. The van der Waals surface area contributed by atoms with Gasteiger partial charge in [-0.15, -0.1) is 11.3 Å². The number of thiophene rings is 1. The van der Waals surface area contributed by atoms with Crippen molar-refractivity contribution in [3.05, 3.63) is 45.3 Å². The lowest BCUT2D eigenvalue weighted by molar-refractivity contribution is -0.119. The molecule has 2 aromatic heterocycles. The molecule has 9 heteroatoms. The summed E-state index contributed by atoms with van der Waals surface area (Å²) in [6.07, 6.45) is 0. The molecule has 26 heavy (non-hydrogen) atoms. The number of aryl methyl sites for hydroxylation is 2. The number of ether oxygens (including phenoxy) is 1. The maximum absolute atomic E-state index is 13.3. The van der Waals surface area contributed by atoms with Gasteiger partial charge < -0.3 is 10.1 Å². The van der Waals surface area contributed by atoms with Crippen LogP contribution in [-0.4, -0.2) is 28.3 Å². The van der Waals surface area contributed by atoms with Crippen molar-refractivity contribution < 1.29 is 18.7 Å².